The molecule has 0 amide bonds. The molecule has 3 heteroatoms. The standard InChI is InChI=1S/C15H13ClN2/c16-12-6-4-11(5-7-12)14-9-13-3-1-2-8-18(13)15(14)10-17/h1-9H,10,17H2. The first kappa shape index (κ1) is 11.3. The number of hydrogen-bond donors (Lipinski definition) is 1. The van der Waals surface area contributed by atoms with E-state index >= 15 is 0 Å². The maximum Gasteiger partial charge on any atom is 0.0459 e. The predicted octanol–water partition coefficient (Wildman–Crippen LogP) is 3.72. The summed E-state index contributed by atoms with van der Waals surface area (Å²) in [4.78, 5) is 0. The first-order valence-corrected chi connectivity index (χ1v) is 6.22. The number of benzene rings is 1. The van der Waals surface area contributed by atoms with Gasteiger partial charge in [-0.2, -0.15) is 0 Å². The second kappa shape index (κ2) is 4.48. The summed E-state index contributed by atoms with van der Waals surface area (Å²) in [6.07, 6.45) is 2.04. The monoisotopic (exact) mass is 256 g/mol. The van der Waals surface area contributed by atoms with Crippen LogP contribution < -0.4 is 5.73 Å². The first-order chi connectivity index (χ1) is 8.79. The fourth-order valence-corrected chi connectivity index (χ4v) is 2.39. The van der Waals surface area contributed by atoms with Crippen molar-refractivity contribution in [2.45, 2.75) is 6.54 Å². The van der Waals surface area contributed by atoms with Gasteiger partial charge < -0.3 is 10.1 Å². The van der Waals surface area contributed by atoms with Gasteiger partial charge >= 0.3 is 0 Å². The fraction of sp³-hybridized carbons (Fsp3) is 0.0667. The molecule has 0 spiro atoms. The Hall–Kier alpha value is -1.77. The van der Waals surface area contributed by atoms with Crippen LogP contribution in [-0.2, 0) is 6.54 Å². The lowest BCUT2D eigenvalue weighted by molar-refractivity contribution is 0.962. The first-order valence-electron chi connectivity index (χ1n) is 5.84. The molecule has 0 bridgehead atoms. The van der Waals surface area contributed by atoms with E-state index in [-0.39, 0.29) is 0 Å². The molecule has 0 aliphatic heterocycles. The minimum Gasteiger partial charge on any atom is -0.325 e. The normalized spacial score (nSPS) is 11.0. The largest absolute Gasteiger partial charge is 0.325 e. The number of halogens is 1. The Balaban J connectivity index is 2.25. The van der Waals surface area contributed by atoms with Gasteiger partial charge in [-0.05, 0) is 35.9 Å². The van der Waals surface area contributed by atoms with Crippen molar-refractivity contribution in [3.8, 4) is 11.1 Å². The van der Waals surface area contributed by atoms with Crippen LogP contribution in [0.5, 0.6) is 0 Å². The van der Waals surface area contributed by atoms with E-state index in [1.165, 1.54) is 5.56 Å². The van der Waals surface area contributed by atoms with Crippen molar-refractivity contribution in [1.29, 1.82) is 0 Å². The van der Waals surface area contributed by atoms with Crippen LogP contribution in [0.15, 0.2) is 54.7 Å². The summed E-state index contributed by atoms with van der Waals surface area (Å²) in [6, 6.07) is 16.1. The minimum atomic E-state index is 0.510. The number of aromatic nitrogens is 1. The van der Waals surface area contributed by atoms with Gasteiger partial charge in [-0.3, -0.25) is 0 Å². The lowest BCUT2D eigenvalue weighted by Crippen LogP contribution is -2.02. The van der Waals surface area contributed by atoms with Gasteiger partial charge in [0.2, 0.25) is 0 Å². The van der Waals surface area contributed by atoms with Crippen molar-refractivity contribution in [1.82, 2.24) is 4.40 Å². The van der Waals surface area contributed by atoms with Crippen molar-refractivity contribution < 1.29 is 0 Å². The third-order valence-electron chi connectivity index (χ3n) is 3.13. The summed E-state index contributed by atoms with van der Waals surface area (Å²) in [5, 5.41) is 0.747. The number of nitrogens with zero attached hydrogens (tertiary/aromatic N) is 1. The van der Waals surface area contributed by atoms with Gasteiger partial charge in [0, 0.05) is 34.5 Å². The lowest BCUT2D eigenvalue weighted by atomic mass is 10.1. The zero-order valence-electron chi connectivity index (χ0n) is 9.81. The highest BCUT2D eigenvalue weighted by Crippen LogP contribution is 2.28. The number of hydrogen-bond acceptors (Lipinski definition) is 1. The van der Waals surface area contributed by atoms with Crippen molar-refractivity contribution in [2.24, 2.45) is 5.73 Å². The van der Waals surface area contributed by atoms with Crippen LogP contribution in [0.1, 0.15) is 5.69 Å². The molecule has 90 valence electrons. The van der Waals surface area contributed by atoms with Gasteiger partial charge in [0.25, 0.3) is 0 Å². The van der Waals surface area contributed by atoms with E-state index in [2.05, 4.69) is 16.5 Å². The lowest BCUT2D eigenvalue weighted by Gasteiger charge is -2.04. The average Bonchev–Trinajstić information content (AvgIpc) is 2.78. The SMILES string of the molecule is NCc1c(-c2ccc(Cl)cc2)cc2ccccn12. The summed E-state index contributed by atoms with van der Waals surface area (Å²) in [5.41, 5.74) is 10.5. The molecule has 2 nitrogen and oxygen atoms in total. The van der Waals surface area contributed by atoms with E-state index in [0.29, 0.717) is 6.54 Å². The van der Waals surface area contributed by atoms with Gasteiger partial charge in [0.15, 0.2) is 0 Å². The molecule has 0 saturated heterocycles. The Labute approximate surface area is 111 Å². The molecule has 3 aromatic rings. The quantitative estimate of drug-likeness (QED) is 0.744. The molecule has 0 fully saturated rings. The highest BCUT2D eigenvalue weighted by molar-refractivity contribution is 6.30. The van der Waals surface area contributed by atoms with Crippen LogP contribution in [0.3, 0.4) is 0 Å². The number of nitrogens with two attached hydrogens (primary N) is 1. The summed E-state index contributed by atoms with van der Waals surface area (Å²) in [7, 11) is 0. The van der Waals surface area contributed by atoms with E-state index in [1.54, 1.807) is 0 Å². The van der Waals surface area contributed by atoms with E-state index in [9.17, 15) is 0 Å². The van der Waals surface area contributed by atoms with Crippen LogP contribution in [0.25, 0.3) is 16.6 Å². The summed E-state index contributed by atoms with van der Waals surface area (Å²) in [6.45, 7) is 0.510. The molecule has 18 heavy (non-hydrogen) atoms. The Morgan fingerprint density at radius 3 is 2.56 bits per heavy atom. The molecule has 1 aromatic carbocycles. The summed E-state index contributed by atoms with van der Waals surface area (Å²) in [5.74, 6) is 0. The predicted molar refractivity (Wildman–Crippen MR) is 75.7 cm³/mol. The number of fused-ring (bicyclic) bond motifs is 1. The van der Waals surface area contributed by atoms with E-state index < -0.39 is 0 Å². The van der Waals surface area contributed by atoms with Gasteiger partial charge in [-0.15, -0.1) is 0 Å². The molecule has 2 aromatic heterocycles. The van der Waals surface area contributed by atoms with Gasteiger partial charge in [-0.25, -0.2) is 0 Å². The third-order valence-corrected chi connectivity index (χ3v) is 3.39. The van der Waals surface area contributed by atoms with Crippen molar-refractivity contribution in [3.05, 3.63) is 65.4 Å². The maximum atomic E-state index is 5.92. The van der Waals surface area contributed by atoms with Crippen molar-refractivity contribution >= 4 is 17.1 Å². The molecule has 0 unspecified atom stereocenters. The summed E-state index contributed by atoms with van der Waals surface area (Å²) >= 11 is 5.92. The second-order valence-electron chi connectivity index (χ2n) is 4.21. The number of pyridine rings is 1. The molecule has 0 aliphatic carbocycles. The fourth-order valence-electron chi connectivity index (χ4n) is 2.27. The van der Waals surface area contributed by atoms with E-state index in [1.807, 2.05) is 42.6 Å². The molecule has 0 atom stereocenters. The Kier molecular flexibility index (Phi) is 2.82. The highest BCUT2D eigenvalue weighted by Gasteiger charge is 2.09. The Bertz CT molecular complexity index is 683. The van der Waals surface area contributed by atoms with Crippen LogP contribution in [0.4, 0.5) is 0 Å². The van der Waals surface area contributed by atoms with Crippen LogP contribution in [0, 0.1) is 0 Å². The molecule has 0 saturated carbocycles. The Morgan fingerprint density at radius 1 is 1.06 bits per heavy atom. The second-order valence-corrected chi connectivity index (χ2v) is 4.65. The zero-order valence-corrected chi connectivity index (χ0v) is 10.6. The molecule has 0 aliphatic rings. The molecule has 2 heterocycles. The molecule has 0 radical (unpaired) electrons. The molecule has 2 N–H and O–H groups in total. The van der Waals surface area contributed by atoms with Crippen molar-refractivity contribution in [2.75, 3.05) is 0 Å². The average molecular weight is 257 g/mol. The van der Waals surface area contributed by atoms with Crippen LogP contribution in [0.2, 0.25) is 5.02 Å². The van der Waals surface area contributed by atoms with Crippen LogP contribution in [-0.4, -0.2) is 4.40 Å². The summed E-state index contributed by atoms with van der Waals surface area (Å²) < 4.78 is 2.13. The van der Waals surface area contributed by atoms with Crippen LogP contribution >= 0.6 is 11.6 Å². The van der Waals surface area contributed by atoms with Crippen molar-refractivity contribution in [3.63, 3.8) is 0 Å². The van der Waals surface area contributed by atoms with E-state index in [0.717, 1.165) is 21.8 Å². The van der Waals surface area contributed by atoms with Gasteiger partial charge in [-0.1, -0.05) is 29.8 Å². The van der Waals surface area contributed by atoms with E-state index in [4.69, 9.17) is 17.3 Å². The highest BCUT2D eigenvalue weighted by atomic mass is 35.5. The van der Waals surface area contributed by atoms with Gasteiger partial charge in [0.05, 0.1) is 0 Å². The molecular formula is C15H13ClN2. The van der Waals surface area contributed by atoms with Gasteiger partial charge in [0.1, 0.15) is 0 Å². The number of rotatable bonds is 2. The minimum absolute atomic E-state index is 0.510. The maximum absolute atomic E-state index is 5.92. The zero-order chi connectivity index (χ0) is 12.5. The third kappa shape index (κ3) is 1.80. The smallest absolute Gasteiger partial charge is 0.0459 e. The topological polar surface area (TPSA) is 30.4 Å². The Morgan fingerprint density at radius 2 is 1.83 bits per heavy atom. The molecule has 3 rings (SSSR count). The molecular weight excluding hydrogens is 244 g/mol.